The Morgan fingerprint density at radius 3 is 2.75 bits per heavy atom. The van der Waals surface area contributed by atoms with Crippen LogP contribution in [0, 0.1) is 0 Å². The van der Waals surface area contributed by atoms with E-state index in [0.717, 1.165) is 11.8 Å². The molecule has 4 N–H and O–H groups in total. The molecule has 0 aliphatic rings. The van der Waals surface area contributed by atoms with Crippen LogP contribution in [0.2, 0.25) is 0 Å². The molecular formula is C12H11N3O4S. The van der Waals surface area contributed by atoms with E-state index in [1.807, 2.05) is 0 Å². The summed E-state index contributed by atoms with van der Waals surface area (Å²) in [5, 5.41) is 25.2. The van der Waals surface area contributed by atoms with Crippen LogP contribution in [0.3, 0.4) is 0 Å². The highest BCUT2D eigenvalue weighted by molar-refractivity contribution is 7.07. The monoisotopic (exact) mass is 293 g/mol. The molecule has 0 saturated carbocycles. The molecule has 1 aromatic carbocycles. The molecule has 1 heterocycles. The Balaban J connectivity index is 1.95. The third kappa shape index (κ3) is 3.45. The van der Waals surface area contributed by atoms with Crippen LogP contribution in [-0.4, -0.2) is 27.2 Å². The summed E-state index contributed by atoms with van der Waals surface area (Å²) >= 11 is 1.42. The number of aromatic carboxylic acids is 1. The van der Waals surface area contributed by atoms with Crippen LogP contribution >= 0.6 is 11.3 Å². The van der Waals surface area contributed by atoms with Gasteiger partial charge in [-0.25, -0.2) is 14.6 Å². The summed E-state index contributed by atoms with van der Waals surface area (Å²) in [5.41, 5.74) is 2.46. The van der Waals surface area contributed by atoms with Crippen molar-refractivity contribution >= 4 is 29.0 Å². The third-order valence-corrected chi connectivity index (χ3v) is 3.04. The summed E-state index contributed by atoms with van der Waals surface area (Å²) in [6.45, 7) is 0.267. The van der Waals surface area contributed by atoms with Crippen molar-refractivity contribution in [2.24, 2.45) is 0 Å². The number of phenols is 1. The second-order valence-corrected chi connectivity index (χ2v) is 4.54. The first-order valence-electron chi connectivity index (χ1n) is 5.54. The maximum atomic E-state index is 11.6. The van der Waals surface area contributed by atoms with Crippen LogP contribution in [0.5, 0.6) is 5.75 Å². The molecule has 0 radical (unpaired) electrons. The lowest BCUT2D eigenvalue weighted by Crippen LogP contribution is -2.28. The molecule has 1 aromatic heterocycles. The molecule has 2 amide bonds. The molecule has 0 spiro atoms. The molecule has 0 aliphatic heterocycles. The van der Waals surface area contributed by atoms with Crippen LogP contribution < -0.4 is 10.6 Å². The topological polar surface area (TPSA) is 112 Å². The predicted octanol–water partition coefficient (Wildman–Crippen LogP) is 1.87. The number of hydrogen-bond acceptors (Lipinski definition) is 5. The fourth-order valence-corrected chi connectivity index (χ4v) is 1.99. The van der Waals surface area contributed by atoms with E-state index in [1.54, 1.807) is 10.9 Å². The number of aromatic nitrogens is 1. The number of rotatable bonds is 4. The highest BCUT2D eigenvalue weighted by Gasteiger charge is 2.10. The van der Waals surface area contributed by atoms with Crippen LogP contribution in [0.1, 0.15) is 16.1 Å². The first kappa shape index (κ1) is 13.8. The molecule has 7 nitrogen and oxygen atoms in total. The number of hydrogen-bond donors (Lipinski definition) is 4. The summed E-state index contributed by atoms with van der Waals surface area (Å²) in [6.07, 6.45) is 0. The van der Waals surface area contributed by atoms with Crippen molar-refractivity contribution in [3.63, 3.8) is 0 Å². The normalized spacial score (nSPS) is 10.0. The number of benzene rings is 1. The van der Waals surface area contributed by atoms with Crippen molar-refractivity contribution in [3.8, 4) is 5.75 Å². The van der Waals surface area contributed by atoms with Gasteiger partial charge in [-0.1, -0.05) is 0 Å². The van der Waals surface area contributed by atoms with Gasteiger partial charge >= 0.3 is 12.0 Å². The standard InChI is InChI=1S/C12H11N3O4S/c16-10-3-7(11(17)18)1-2-9(10)15-12(19)13-4-8-5-20-6-14-8/h1-3,5-6,16H,4H2,(H,17,18)(H2,13,15,19). The first-order valence-corrected chi connectivity index (χ1v) is 6.49. The van der Waals surface area contributed by atoms with Gasteiger partial charge in [0, 0.05) is 5.38 Å². The minimum Gasteiger partial charge on any atom is -0.506 e. The van der Waals surface area contributed by atoms with Crippen molar-refractivity contribution < 1.29 is 19.8 Å². The zero-order valence-corrected chi connectivity index (χ0v) is 11.0. The highest BCUT2D eigenvalue weighted by Crippen LogP contribution is 2.24. The molecule has 0 unspecified atom stereocenters. The summed E-state index contributed by atoms with van der Waals surface area (Å²) in [7, 11) is 0. The maximum absolute atomic E-state index is 11.6. The van der Waals surface area contributed by atoms with Crippen LogP contribution in [0.15, 0.2) is 29.1 Å². The van der Waals surface area contributed by atoms with Gasteiger partial charge < -0.3 is 20.8 Å². The van der Waals surface area contributed by atoms with Gasteiger partial charge in [0.15, 0.2) is 0 Å². The van der Waals surface area contributed by atoms with E-state index in [-0.39, 0.29) is 23.5 Å². The number of anilines is 1. The Labute approximate surface area is 117 Å². The second-order valence-electron chi connectivity index (χ2n) is 3.82. The number of carbonyl (C=O) groups excluding carboxylic acids is 1. The van der Waals surface area contributed by atoms with E-state index >= 15 is 0 Å². The number of carboxylic acid groups (broad SMARTS) is 1. The average molecular weight is 293 g/mol. The zero-order valence-electron chi connectivity index (χ0n) is 10.2. The lowest BCUT2D eigenvalue weighted by Gasteiger charge is -2.08. The van der Waals surface area contributed by atoms with E-state index in [1.165, 1.54) is 23.5 Å². The number of carbonyl (C=O) groups is 2. The van der Waals surface area contributed by atoms with Gasteiger partial charge in [-0.3, -0.25) is 0 Å². The summed E-state index contributed by atoms with van der Waals surface area (Å²) < 4.78 is 0. The first-order chi connectivity index (χ1) is 9.56. The second kappa shape index (κ2) is 6.02. The van der Waals surface area contributed by atoms with E-state index in [2.05, 4.69) is 15.6 Å². The molecule has 0 saturated heterocycles. The van der Waals surface area contributed by atoms with Crippen molar-refractivity contribution in [1.29, 1.82) is 0 Å². The largest absolute Gasteiger partial charge is 0.506 e. The average Bonchev–Trinajstić information content (AvgIpc) is 2.91. The van der Waals surface area contributed by atoms with Crippen molar-refractivity contribution in [3.05, 3.63) is 40.3 Å². The summed E-state index contributed by atoms with van der Waals surface area (Å²) in [6, 6.07) is 3.16. The highest BCUT2D eigenvalue weighted by atomic mass is 32.1. The molecule has 0 bridgehead atoms. The van der Waals surface area contributed by atoms with Gasteiger partial charge in [-0.05, 0) is 18.2 Å². The number of phenolic OH excluding ortho intramolecular Hbond substituents is 1. The van der Waals surface area contributed by atoms with Crippen LogP contribution in [0.4, 0.5) is 10.5 Å². The van der Waals surface area contributed by atoms with Crippen molar-refractivity contribution in [2.45, 2.75) is 6.54 Å². The van der Waals surface area contributed by atoms with E-state index in [4.69, 9.17) is 5.11 Å². The van der Waals surface area contributed by atoms with Gasteiger partial charge in [0.1, 0.15) is 5.75 Å². The molecule has 0 atom stereocenters. The van der Waals surface area contributed by atoms with Gasteiger partial charge in [-0.2, -0.15) is 0 Å². The SMILES string of the molecule is O=C(NCc1cscn1)Nc1ccc(C(=O)O)cc1O. The van der Waals surface area contributed by atoms with Gasteiger partial charge in [0.05, 0.1) is 29.0 Å². The fourth-order valence-electron chi connectivity index (χ4n) is 1.43. The molecule has 0 aliphatic carbocycles. The number of amides is 2. The molecule has 8 heteroatoms. The fraction of sp³-hybridized carbons (Fsp3) is 0.0833. The van der Waals surface area contributed by atoms with Crippen molar-refractivity contribution in [2.75, 3.05) is 5.32 Å². The van der Waals surface area contributed by atoms with Gasteiger partial charge in [0.2, 0.25) is 0 Å². The molecule has 2 rings (SSSR count). The number of nitrogens with one attached hydrogen (secondary N) is 2. The number of thiazole rings is 1. The van der Waals surface area contributed by atoms with E-state index < -0.39 is 12.0 Å². The Bertz CT molecular complexity index is 628. The van der Waals surface area contributed by atoms with Crippen molar-refractivity contribution in [1.82, 2.24) is 10.3 Å². The summed E-state index contributed by atoms with van der Waals surface area (Å²) in [5.74, 6) is -1.46. The Hall–Kier alpha value is -2.61. The Kier molecular flexibility index (Phi) is 4.16. The smallest absolute Gasteiger partial charge is 0.335 e. The predicted molar refractivity (Wildman–Crippen MR) is 73.0 cm³/mol. The quantitative estimate of drug-likeness (QED) is 0.643. The van der Waals surface area contributed by atoms with E-state index in [0.29, 0.717) is 0 Å². The van der Waals surface area contributed by atoms with Gasteiger partial charge in [0.25, 0.3) is 0 Å². The molecule has 2 aromatic rings. The number of aromatic hydroxyl groups is 1. The third-order valence-electron chi connectivity index (χ3n) is 2.41. The van der Waals surface area contributed by atoms with Gasteiger partial charge in [-0.15, -0.1) is 11.3 Å². The lowest BCUT2D eigenvalue weighted by atomic mass is 10.2. The van der Waals surface area contributed by atoms with Crippen LogP contribution in [-0.2, 0) is 6.54 Å². The molecular weight excluding hydrogens is 282 g/mol. The van der Waals surface area contributed by atoms with E-state index in [9.17, 15) is 14.7 Å². The molecule has 104 valence electrons. The minimum atomic E-state index is -1.15. The lowest BCUT2D eigenvalue weighted by molar-refractivity contribution is 0.0696. The number of carboxylic acids is 1. The summed E-state index contributed by atoms with van der Waals surface area (Å²) in [4.78, 5) is 26.3. The molecule has 20 heavy (non-hydrogen) atoms. The maximum Gasteiger partial charge on any atom is 0.335 e. The van der Waals surface area contributed by atoms with Crippen LogP contribution in [0.25, 0.3) is 0 Å². The molecule has 0 fully saturated rings. The number of nitrogens with zero attached hydrogens (tertiary/aromatic N) is 1. The number of urea groups is 1. The zero-order chi connectivity index (χ0) is 14.5. The Morgan fingerprint density at radius 2 is 2.15 bits per heavy atom. The minimum absolute atomic E-state index is 0.0593. The Morgan fingerprint density at radius 1 is 1.35 bits per heavy atom.